The Morgan fingerprint density at radius 3 is 2.66 bits per heavy atom. The van der Waals surface area contributed by atoms with Gasteiger partial charge >= 0.3 is 6.01 Å². The lowest BCUT2D eigenvalue weighted by Crippen LogP contribution is -2.22. The number of hydrogen-bond acceptors (Lipinski definition) is 5. The van der Waals surface area contributed by atoms with Crippen LogP contribution >= 0.6 is 11.6 Å². The normalized spacial score (nSPS) is 14.6. The van der Waals surface area contributed by atoms with E-state index in [1.807, 2.05) is 0 Å². The summed E-state index contributed by atoms with van der Waals surface area (Å²) >= 11 is 6.35. The third kappa shape index (κ3) is 4.56. The molecule has 0 unspecified atom stereocenters. The van der Waals surface area contributed by atoms with E-state index in [4.69, 9.17) is 16.0 Å². The first-order valence-corrected chi connectivity index (χ1v) is 9.94. The van der Waals surface area contributed by atoms with Crippen molar-refractivity contribution >= 4 is 29.2 Å². The molecule has 0 radical (unpaired) electrons. The molecule has 3 aromatic rings. The van der Waals surface area contributed by atoms with E-state index < -0.39 is 11.7 Å². The molecule has 6 nitrogen and oxygen atoms in total. The number of nitrogens with one attached hydrogen (secondary N) is 2. The van der Waals surface area contributed by atoms with E-state index in [0.717, 1.165) is 12.8 Å². The Kier molecular flexibility index (Phi) is 5.76. The second-order valence-corrected chi connectivity index (χ2v) is 7.43. The highest BCUT2D eigenvalue weighted by molar-refractivity contribution is 6.33. The average Bonchev–Trinajstić information content (AvgIpc) is 3.17. The van der Waals surface area contributed by atoms with Crippen LogP contribution in [0.25, 0.3) is 11.5 Å². The molecule has 29 heavy (non-hydrogen) atoms. The number of nitrogens with zero attached hydrogens (tertiary/aromatic N) is 2. The van der Waals surface area contributed by atoms with Gasteiger partial charge in [-0.1, -0.05) is 48.1 Å². The van der Waals surface area contributed by atoms with Crippen molar-refractivity contribution in [1.82, 2.24) is 10.2 Å². The highest BCUT2D eigenvalue weighted by Crippen LogP contribution is 2.31. The second-order valence-electron chi connectivity index (χ2n) is 7.02. The van der Waals surface area contributed by atoms with Gasteiger partial charge in [0.1, 0.15) is 5.82 Å². The molecule has 0 aliphatic heterocycles. The number of anilines is 2. The van der Waals surface area contributed by atoms with Gasteiger partial charge in [0, 0.05) is 11.7 Å². The Labute approximate surface area is 172 Å². The number of aromatic nitrogens is 2. The van der Waals surface area contributed by atoms with E-state index in [1.165, 1.54) is 37.5 Å². The maximum atomic E-state index is 13.8. The molecule has 0 atom stereocenters. The molecule has 0 spiro atoms. The summed E-state index contributed by atoms with van der Waals surface area (Å²) in [6, 6.07) is 11.4. The van der Waals surface area contributed by atoms with Gasteiger partial charge in [0.25, 0.3) is 11.8 Å². The van der Waals surface area contributed by atoms with Gasteiger partial charge in [0.05, 0.1) is 16.1 Å². The molecule has 1 aromatic heterocycles. The summed E-state index contributed by atoms with van der Waals surface area (Å²) in [4.78, 5) is 12.3. The van der Waals surface area contributed by atoms with E-state index in [0.29, 0.717) is 34.2 Å². The zero-order chi connectivity index (χ0) is 20.2. The Balaban J connectivity index is 1.46. The van der Waals surface area contributed by atoms with Gasteiger partial charge in [-0.15, -0.1) is 5.10 Å². The van der Waals surface area contributed by atoms with Crippen LogP contribution in [0, 0.1) is 5.82 Å². The Hall–Kier alpha value is -2.93. The number of benzene rings is 2. The summed E-state index contributed by atoms with van der Waals surface area (Å²) < 4.78 is 19.5. The van der Waals surface area contributed by atoms with Crippen molar-refractivity contribution in [3.05, 3.63) is 58.9 Å². The molecule has 0 saturated heterocycles. The molecule has 1 aliphatic rings. The minimum absolute atomic E-state index is 0.0389. The van der Waals surface area contributed by atoms with Crippen LogP contribution < -0.4 is 10.6 Å². The molecular weight excluding hydrogens is 395 g/mol. The van der Waals surface area contributed by atoms with Gasteiger partial charge in [-0.25, -0.2) is 4.39 Å². The first kappa shape index (κ1) is 19.4. The number of rotatable bonds is 5. The zero-order valence-electron chi connectivity index (χ0n) is 15.6. The molecule has 150 valence electrons. The van der Waals surface area contributed by atoms with Crippen molar-refractivity contribution in [1.29, 1.82) is 0 Å². The first-order valence-electron chi connectivity index (χ1n) is 9.56. The first-order chi connectivity index (χ1) is 14.1. The Bertz CT molecular complexity index is 1020. The maximum Gasteiger partial charge on any atom is 0.315 e. The monoisotopic (exact) mass is 414 g/mol. The van der Waals surface area contributed by atoms with Crippen LogP contribution in [0.15, 0.2) is 46.9 Å². The van der Waals surface area contributed by atoms with Crippen LogP contribution in [-0.4, -0.2) is 22.1 Å². The molecule has 1 fully saturated rings. The van der Waals surface area contributed by atoms with Gasteiger partial charge in [0.2, 0.25) is 0 Å². The Morgan fingerprint density at radius 2 is 1.90 bits per heavy atom. The van der Waals surface area contributed by atoms with Gasteiger partial charge in [-0.05, 0) is 43.2 Å². The fourth-order valence-corrected chi connectivity index (χ4v) is 3.68. The summed E-state index contributed by atoms with van der Waals surface area (Å²) in [5.41, 5.74) is 0.954. The van der Waals surface area contributed by atoms with E-state index in [9.17, 15) is 9.18 Å². The second kappa shape index (κ2) is 8.61. The highest BCUT2D eigenvalue weighted by atomic mass is 35.5. The van der Waals surface area contributed by atoms with Gasteiger partial charge in [-0.2, -0.15) is 0 Å². The number of carbonyl (C=O) groups excluding carboxylic acids is 1. The SMILES string of the molecule is O=C(Nc1ccc(-c2nnc(NC3CCCCC3)o2)c(Cl)c1)c1ccccc1F. The fourth-order valence-electron chi connectivity index (χ4n) is 3.42. The molecule has 1 saturated carbocycles. The summed E-state index contributed by atoms with van der Waals surface area (Å²) in [5.74, 6) is -0.847. The molecule has 8 heteroatoms. The van der Waals surface area contributed by atoms with Gasteiger partial charge in [0.15, 0.2) is 0 Å². The topological polar surface area (TPSA) is 80.0 Å². The van der Waals surface area contributed by atoms with Gasteiger partial charge < -0.3 is 15.1 Å². The molecule has 2 aromatic carbocycles. The van der Waals surface area contributed by atoms with Crippen LogP contribution in [0.4, 0.5) is 16.1 Å². The van der Waals surface area contributed by atoms with Crippen LogP contribution in [-0.2, 0) is 0 Å². The van der Waals surface area contributed by atoms with Crippen molar-refractivity contribution in [2.24, 2.45) is 0 Å². The van der Waals surface area contributed by atoms with E-state index in [1.54, 1.807) is 24.3 Å². The smallest absolute Gasteiger partial charge is 0.315 e. The summed E-state index contributed by atoms with van der Waals surface area (Å²) in [6.07, 6.45) is 5.85. The molecule has 4 rings (SSSR count). The lowest BCUT2D eigenvalue weighted by atomic mass is 9.96. The number of carbonyl (C=O) groups is 1. The zero-order valence-corrected chi connectivity index (χ0v) is 16.4. The molecule has 1 heterocycles. The predicted molar refractivity (Wildman–Crippen MR) is 110 cm³/mol. The third-order valence-electron chi connectivity index (χ3n) is 4.93. The number of amides is 1. The highest BCUT2D eigenvalue weighted by Gasteiger charge is 2.18. The number of hydrogen-bond donors (Lipinski definition) is 2. The molecule has 2 N–H and O–H groups in total. The fraction of sp³-hybridized carbons (Fsp3) is 0.286. The minimum atomic E-state index is -0.587. The van der Waals surface area contributed by atoms with E-state index in [2.05, 4.69) is 20.8 Å². The average molecular weight is 415 g/mol. The lowest BCUT2D eigenvalue weighted by Gasteiger charge is -2.21. The molecular formula is C21H20ClFN4O2. The number of halogens is 2. The summed E-state index contributed by atoms with van der Waals surface area (Å²) in [6.45, 7) is 0. The van der Waals surface area contributed by atoms with Crippen molar-refractivity contribution in [2.45, 2.75) is 38.1 Å². The van der Waals surface area contributed by atoms with Crippen molar-refractivity contribution < 1.29 is 13.6 Å². The molecule has 1 aliphatic carbocycles. The standard InChI is InChI=1S/C21H20ClFN4O2/c22-17-12-14(24-19(28)16-8-4-5-9-18(16)23)10-11-15(17)20-26-27-21(29-20)25-13-6-2-1-3-7-13/h4-5,8-13H,1-3,6-7H2,(H,24,28)(H,25,27). The van der Waals surface area contributed by atoms with E-state index >= 15 is 0 Å². The maximum absolute atomic E-state index is 13.8. The van der Waals surface area contributed by atoms with Crippen molar-refractivity contribution in [3.8, 4) is 11.5 Å². The molecule has 1 amide bonds. The van der Waals surface area contributed by atoms with Crippen molar-refractivity contribution in [3.63, 3.8) is 0 Å². The third-order valence-corrected chi connectivity index (χ3v) is 5.25. The van der Waals surface area contributed by atoms with E-state index in [-0.39, 0.29) is 5.56 Å². The van der Waals surface area contributed by atoms with Crippen LogP contribution in [0.2, 0.25) is 5.02 Å². The Morgan fingerprint density at radius 1 is 1.10 bits per heavy atom. The van der Waals surface area contributed by atoms with Crippen LogP contribution in [0.1, 0.15) is 42.5 Å². The van der Waals surface area contributed by atoms with Crippen LogP contribution in [0.5, 0.6) is 0 Å². The van der Waals surface area contributed by atoms with Gasteiger partial charge in [-0.3, -0.25) is 4.79 Å². The van der Waals surface area contributed by atoms with Crippen molar-refractivity contribution in [2.75, 3.05) is 10.6 Å². The summed E-state index contributed by atoms with van der Waals surface area (Å²) in [7, 11) is 0. The van der Waals surface area contributed by atoms with Crippen LogP contribution in [0.3, 0.4) is 0 Å². The molecule has 0 bridgehead atoms. The largest absolute Gasteiger partial charge is 0.403 e. The quantitative estimate of drug-likeness (QED) is 0.574. The minimum Gasteiger partial charge on any atom is -0.403 e. The summed E-state index contributed by atoms with van der Waals surface area (Å²) in [5, 5.41) is 14.4. The lowest BCUT2D eigenvalue weighted by molar-refractivity contribution is 0.102. The predicted octanol–water partition coefficient (Wildman–Crippen LogP) is 5.53.